The molecule has 1 aromatic rings. The van der Waals surface area contributed by atoms with Crippen molar-refractivity contribution in [1.82, 2.24) is 10.6 Å². The highest BCUT2D eigenvalue weighted by molar-refractivity contribution is 5.68. The molecule has 0 radical (unpaired) electrons. The van der Waals surface area contributed by atoms with E-state index in [1.807, 2.05) is 45.0 Å². The average molecular weight is 463 g/mol. The maximum atomic E-state index is 12.2. The minimum absolute atomic E-state index is 0.0109. The maximum Gasteiger partial charge on any atom is 0.407 e. The first-order chi connectivity index (χ1) is 15.7. The quantitative estimate of drug-likeness (QED) is 0.539. The van der Waals surface area contributed by atoms with Gasteiger partial charge < -0.3 is 30.0 Å². The maximum absolute atomic E-state index is 12.2. The predicted molar refractivity (Wildman–Crippen MR) is 125 cm³/mol. The molecule has 1 aromatic carbocycles. The number of aliphatic carboxylic acids is 1. The summed E-state index contributed by atoms with van der Waals surface area (Å²) < 4.78 is 17.2. The Labute approximate surface area is 196 Å². The molecule has 8 heteroatoms. The molecule has 1 saturated heterocycles. The van der Waals surface area contributed by atoms with Gasteiger partial charge in [-0.15, -0.1) is 0 Å². The van der Waals surface area contributed by atoms with Crippen LogP contribution in [0.5, 0.6) is 5.75 Å². The molecule has 2 unspecified atom stereocenters. The van der Waals surface area contributed by atoms with Gasteiger partial charge in [-0.3, -0.25) is 0 Å². The number of nitrogens with one attached hydrogen (secondary N) is 2. The smallest absolute Gasteiger partial charge is 0.407 e. The van der Waals surface area contributed by atoms with Crippen molar-refractivity contribution in [2.45, 2.75) is 89.0 Å². The number of hydrogen-bond acceptors (Lipinski definition) is 6. The van der Waals surface area contributed by atoms with Crippen LogP contribution in [-0.2, 0) is 14.3 Å². The van der Waals surface area contributed by atoms with Gasteiger partial charge in [0, 0.05) is 6.04 Å². The number of benzene rings is 1. The van der Waals surface area contributed by atoms with E-state index in [0.29, 0.717) is 18.3 Å². The normalized spacial score (nSPS) is 25.8. The molecule has 33 heavy (non-hydrogen) atoms. The number of para-hydroxylation sites is 1. The third-order valence-electron chi connectivity index (χ3n) is 6.18. The minimum Gasteiger partial charge on any atom is -0.482 e. The first-order valence-electron chi connectivity index (χ1n) is 12.0. The summed E-state index contributed by atoms with van der Waals surface area (Å²) >= 11 is 0. The molecule has 8 nitrogen and oxygen atoms in total. The van der Waals surface area contributed by atoms with Gasteiger partial charge in [0.2, 0.25) is 0 Å². The molecule has 0 aromatic heterocycles. The van der Waals surface area contributed by atoms with E-state index in [2.05, 4.69) is 10.6 Å². The van der Waals surface area contributed by atoms with Crippen LogP contribution in [0.25, 0.3) is 0 Å². The Balaban J connectivity index is 1.47. The second-order valence-corrected chi connectivity index (χ2v) is 9.98. The van der Waals surface area contributed by atoms with E-state index >= 15 is 0 Å². The zero-order valence-corrected chi connectivity index (χ0v) is 20.0. The Kier molecular flexibility index (Phi) is 8.97. The third kappa shape index (κ3) is 8.19. The van der Waals surface area contributed by atoms with Crippen molar-refractivity contribution >= 4 is 12.1 Å². The second kappa shape index (κ2) is 11.7. The topological polar surface area (TPSA) is 106 Å². The molecule has 1 heterocycles. The van der Waals surface area contributed by atoms with Gasteiger partial charge in [-0.25, -0.2) is 9.59 Å². The average Bonchev–Trinajstić information content (AvgIpc) is 2.76. The molecule has 3 rings (SSSR count). The second-order valence-electron chi connectivity index (χ2n) is 9.98. The van der Waals surface area contributed by atoms with E-state index in [1.165, 1.54) is 0 Å². The molecule has 1 amide bonds. The highest BCUT2D eigenvalue weighted by atomic mass is 16.6. The minimum atomic E-state index is -0.974. The van der Waals surface area contributed by atoms with Crippen LogP contribution < -0.4 is 15.4 Å². The number of amides is 1. The fraction of sp³-hybridized carbons (Fsp3) is 0.680. The van der Waals surface area contributed by atoms with Gasteiger partial charge in [-0.1, -0.05) is 18.2 Å². The van der Waals surface area contributed by atoms with Crippen LogP contribution in [0.1, 0.15) is 70.8 Å². The van der Waals surface area contributed by atoms with Crippen molar-refractivity contribution in [3.8, 4) is 5.75 Å². The Hall–Kier alpha value is -2.32. The number of carboxylic acid groups (broad SMARTS) is 1. The first kappa shape index (κ1) is 25.3. The Bertz CT molecular complexity index is 785. The number of carbonyl (C=O) groups is 2. The Morgan fingerprint density at radius 3 is 2.55 bits per heavy atom. The van der Waals surface area contributed by atoms with Crippen LogP contribution in [0.4, 0.5) is 4.79 Å². The van der Waals surface area contributed by atoms with Crippen molar-refractivity contribution in [3.05, 3.63) is 29.8 Å². The fourth-order valence-corrected chi connectivity index (χ4v) is 4.63. The van der Waals surface area contributed by atoms with E-state index in [0.717, 1.165) is 50.6 Å². The number of piperidine rings is 1. The molecule has 0 spiro atoms. The molecule has 184 valence electrons. The van der Waals surface area contributed by atoms with E-state index in [9.17, 15) is 9.59 Å². The molecule has 1 aliphatic heterocycles. The zero-order chi connectivity index (χ0) is 23.8. The summed E-state index contributed by atoms with van der Waals surface area (Å²) in [5.41, 5.74) is 0.557. The highest BCUT2D eigenvalue weighted by Gasteiger charge is 2.30. The van der Waals surface area contributed by atoms with Crippen LogP contribution in [0, 0.1) is 0 Å². The van der Waals surface area contributed by atoms with Gasteiger partial charge in [-0.05, 0) is 83.4 Å². The number of carbonyl (C=O) groups excluding carboxylic acids is 1. The lowest BCUT2D eigenvalue weighted by molar-refractivity contribution is -0.139. The number of hydrogen-bond donors (Lipinski definition) is 3. The molecular weight excluding hydrogens is 424 g/mol. The molecule has 3 N–H and O–H groups in total. The summed E-state index contributed by atoms with van der Waals surface area (Å²) in [6.07, 6.45) is 5.52. The SMILES string of the molecule is CC(C)(C)OC(=O)NC1CCCNC1CO[C@H]1CC[C@@H](c2ccccc2OCC(=O)O)CC1. The molecule has 1 saturated carbocycles. The molecular formula is C25H38N2O6. The fourth-order valence-electron chi connectivity index (χ4n) is 4.63. The summed E-state index contributed by atoms with van der Waals surface area (Å²) in [4.78, 5) is 23.1. The molecule has 2 atom stereocenters. The summed E-state index contributed by atoms with van der Waals surface area (Å²) in [7, 11) is 0. The predicted octanol–water partition coefficient (Wildman–Crippen LogP) is 3.84. The lowest BCUT2D eigenvalue weighted by Gasteiger charge is -2.35. The van der Waals surface area contributed by atoms with Gasteiger partial charge in [0.05, 0.1) is 18.8 Å². The third-order valence-corrected chi connectivity index (χ3v) is 6.18. The van der Waals surface area contributed by atoms with Gasteiger partial charge >= 0.3 is 12.1 Å². The van der Waals surface area contributed by atoms with Crippen LogP contribution in [0.3, 0.4) is 0 Å². The van der Waals surface area contributed by atoms with E-state index < -0.39 is 11.6 Å². The van der Waals surface area contributed by atoms with Gasteiger partial charge in [-0.2, -0.15) is 0 Å². The van der Waals surface area contributed by atoms with Crippen molar-refractivity contribution in [1.29, 1.82) is 0 Å². The van der Waals surface area contributed by atoms with E-state index in [4.69, 9.17) is 19.3 Å². The van der Waals surface area contributed by atoms with Crippen molar-refractivity contribution in [3.63, 3.8) is 0 Å². The monoisotopic (exact) mass is 462 g/mol. The Morgan fingerprint density at radius 2 is 1.85 bits per heavy atom. The largest absolute Gasteiger partial charge is 0.482 e. The summed E-state index contributed by atoms with van der Waals surface area (Å²) in [5.74, 6) is 0.0219. The van der Waals surface area contributed by atoms with Crippen molar-refractivity contribution in [2.24, 2.45) is 0 Å². The number of alkyl carbamates (subject to hydrolysis) is 1. The summed E-state index contributed by atoms with van der Waals surface area (Å²) in [6.45, 7) is 6.72. The number of ether oxygens (including phenoxy) is 3. The first-order valence-corrected chi connectivity index (χ1v) is 12.0. The zero-order valence-electron chi connectivity index (χ0n) is 20.0. The van der Waals surface area contributed by atoms with E-state index in [-0.39, 0.29) is 30.9 Å². The molecule has 1 aliphatic carbocycles. The van der Waals surface area contributed by atoms with Crippen LogP contribution in [0.15, 0.2) is 24.3 Å². The van der Waals surface area contributed by atoms with Gasteiger partial charge in [0.25, 0.3) is 0 Å². The van der Waals surface area contributed by atoms with Crippen LogP contribution in [0.2, 0.25) is 0 Å². The van der Waals surface area contributed by atoms with Gasteiger partial charge in [0.15, 0.2) is 6.61 Å². The lowest BCUT2D eigenvalue weighted by Crippen LogP contribution is -2.56. The Morgan fingerprint density at radius 1 is 1.12 bits per heavy atom. The van der Waals surface area contributed by atoms with E-state index in [1.54, 1.807) is 0 Å². The van der Waals surface area contributed by atoms with Crippen molar-refractivity contribution < 1.29 is 28.9 Å². The summed E-state index contributed by atoms with van der Waals surface area (Å²) in [5, 5.41) is 15.4. The molecule has 2 fully saturated rings. The van der Waals surface area contributed by atoms with Gasteiger partial charge in [0.1, 0.15) is 11.4 Å². The number of carboxylic acids is 1. The summed E-state index contributed by atoms with van der Waals surface area (Å²) in [6, 6.07) is 7.76. The lowest BCUT2D eigenvalue weighted by atomic mass is 9.82. The highest BCUT2D eigenvalue weighted by Crippen LogP contribution is 2.38. The molecule has 2 aliphatic rings. The van der Waals surface area contributed by atoms with Crippen LogP contribution >= 0.6 is 0 Å². The van der Waals surface area contributed by atoms with Crippen molar-refractivity contribution in [2.75, 3.05) is 19.8 Å². The standard InChI is InChI=1S/C25H38N2O6/c1-25(2,3)33-24(30)27-20-8-6-14-26-21(20)15-31-18-12-10-17(11-13-18)19-7-4-5-9-22(19)32-16-23(28)29/h4-5,7,9,17-18,20-21,26H,6,8,10-16H2,1-3H3,(H,27,30)(H,28,29)/t17-,18+,20?,21?. The number of rotatable bonds is 8. The van der Waals surface area contributed by atoms with Crippen LogP contribution in [-0.4, -0.2) is 60.7 Å². The molecule has 0 bridgehead atoms.